The number of ether oxygens (including phenoxy) is 1. The molecule has 1 aliphatic rings. The number of hydrogen-bond acceptors (Lipinski definition) is 7. The summed E-state index contributed by atoms with van der Waals surface area (Å²) >= 11 is 0. The summed E-state index contributed by atoms with van der Waals surface area (Å²) in [7, 11) is 0. The summed E-state index contributed by atoms with van der Waals surface area (Å²) in [5, 5.41) is 52.9. The predicted molar refractivity (Wildman–Crippen MR) is 99.9 cm³/mol. The van der Waals surface area contributed by atoms with Crippen molar-refractivity contribution in [2.45, 2.75) is 95.0 Å². The van der Waals surface area contributed by atoms with E-state index in [1.54, 1.807) is 13.0 Å². The lowest BCUT2D eigenvalue weighted by Gasteiger charge is -2.32. The van der Waals surface area contributed by atoms with Crippen LogP contribution in [0.4, 0.5) is 0 Å². The van der Waals surface area contributed by atoms with Crippen LogP contribution in [-0.4, -0.2) is 80.7 Å². The summed E-state index contributed by atoms with van der Waals surface area (Å²) in [6.07, 6.45) is -0.670. The summed E-state index contributed by atoms with van der Waals surface area (Å²) in [5.41, 5.74) is 0. The molecule has 0 radical (unpaired) electrons. The zero-order chi connectivity index (χ0) is 20.4. The molecule has 1 rings (SSSR count). The smallest absolute Gasteiger partial charge is 0.220 e. The Bertz CT molecular complexity index is 459. The minimum Gasteiger partial charge on any atom is -0.393 e. The van der Waals surface area contributed by atoms with Gasteiger partial charge in [-0.25, -0.2) is 0 Å². The molecule has 158 valence electrons. The molecule has 0 aliphatic heterocycles. The van der Waals surface area contributed by atoms with Crippen LogP contribution in [0.1, 0.15) is 52.4 Å². The van der Waals surface area contributed by atoms with Crippen LogP contribution in [0.3, 0.4) is 0 Å². The fourth-order valence-electron chi connectivity index (χ4n) is 2.98. The topological polar surface area (TPSA) is 139 Å². The lowest BCUT2D eigenvalue weighted by Crippen LogP contribution is -2.50. The number of nitrogens with one attached hydrogen (secondary N) is 1. The molecule has 0 aromatic heterocycles. The minimum absolute atomic E-state index is 0.0820. The maximum absolute atomic E-state index is 12.0. The predicted octanol–water partition coefficient (Wildman–Crippen LogP) is -0.389. The second kappa shape index (κ2) is 12.4. The number of rotatable bonds is 10. The first-order valence-corrected chi connectivity index (χ1v) is 9.78. The Morgan fingerprint density at radius 2 is 1.93 bits per heavy atom. The highest BCUT2D eigenvalue weighted by atomic mass is 16.5. The molecule has 8 heteroatoms. The normalized spacial score (nSPS) is 30.6. The molecule has 0 bridgehead atoms. The zero-order valence-electron chi connectivity index (χ0n) is 16.2. The second-order valence-corrected chi connectivity index (χ2v) is 7.14. The van der Waals surface area contributed by atoms with Gasteiger partial charge in [-0.15, -0.1) is 0 Å². The van der Waals surface area contributed by atoms with Crippen molar-refractivity contribution in [1.82, 2.24) is 5.32 Å². The van der Waals surface area contributed by atoms with Gasteiger partial charge in [-0.2, -0.15) is 0 Å². The maximum atomic E-state index is 12.0. The van der Waals surface area contributed by atoms with Crippen molar-refractivity contribution < 1.29 is 35.1 Å². The molecule has 0 spiro atoms. The van der Waals surface area contributed by atoms with Crippen LogP contribution in [-0.2, 0) is 9.53 Å². The highest BCUT2D eigenvalue weighted by Crippen LogP contribution is 2.18. The first-order chi connectivity index (χ1) is 12.8. The number of aliphatic hydroxyl groups excluding tert-OH is 5. The van der Waals surface area contributed by atoms with Crippen molar-refractivity contribution in [3.05, 3.63) is 12.2 Å². The van der Waals surface area contributed by atoms with Crippen molar-refractivity contribution in [3.63, 3.8) is 0 Å². The van der Waals surface area contributed by atoms with Gasteiger partial charge in [0.2, 0.25) is 5.91 Å². The van der Waals surface area contributed by atoms with Gasteiger partial charge in [-0.3, -0.25) is 4.79 Å². The standard InChI is InChI=1S/C19H35NO7/c1-3-7-17(24)20-13(15(23)10-12(21)4-2)11-27-16-9-6-5-8-14(22)18(25)19(16)26/h5,8,12-16,18-19,21-23,25-26H,3-4,6-7,9-11H2,1-2H3,(H,20,24)/b8-5-. The van der Waals surface area contributed by atoms with Crippen LogP contribution in [0.5, 0.6) is 0 Å². The van der Waals surface area contributed by atoms with Crippen molar-refractivity contribution in [3.8, 4) is 0 Å². The van der Waals surface area contributed by atoms with Gasteiger partial charge in [0.1, 0.15) is 18.3 Å². The third-order valence-electron chi connectivity index (χ3n) is 4.79. The summed E-state index contributed by atoms with van der Waals surface area (Å²) in [4.78, 5) is 12.0. The largest absolute Gasteiger partial charge is 0.393 e. The van der Waals surface area contributed by atoms with Gasteiger partial charge in [0.25, 0.3) is 0 Å². The van der Waals surface area contributed by atoms with Crippen molar-refractivity contribution >= 4 is 5.91 Å². The number of amides is 1. The molecule has 0 saturated heterocycles. The molecule has 27 heavy (non-hydrogen) atoms. The van der Waals surface area contributed by atoms with Crippen LogP contribution in [0.15, 0.2) is 12.2 Å². The van der Waals surface area contributed by atoms with E-state index in [1.165, 1.54) is 6.08 Å². The van der Waals surface area contributed by atoms with E-state index in [2.05, 4.69) is 5.32 Å². The van der Waals surface area contributed by atoms with Crippen molar-refractivity contribution in [2.24, 2.45) is 0 Å². The Kier molecular flexibility index (Phi) is 11.1. The minimum atomic E-state index is -1.38. The van der Waals surface area contributed by atoms with E-state index in [-0.39, 0.29) is 18.9 Å². The van der Waals surface area contributed by atoms with Gasteiger partial charge < -0.3 is 35.6 Å². The molecule has 8 nitrogen and oxygen atoms in total. The van der Waals surface area contributed by atoms with E-state index >= 15 is 0 Å². The number of aliphatic hydroxyl groups is 5. The molecule has 1 aliphatic carbocycles. The van der Waals surface area contributed by atoms with Crippen LogP contribution < -0.4 is 5.32 Å². The fourth-order valence-corrected chi connectivity index (χ4v) is 2.98. The SMILES string of the molecule is CCCC(=O)NC(COC1CC/C=C\C(O)C(O)C1O)C(O)CC(O)CC. The first kappa shape index (κ1) is 24.0. The fraction of sp³-hybridized carbons (Fsp3) is 0.842. The van der Waals surface area contributed by atoms with Gasteiger partial charge in [0.05, 0.1) is 31.0 Å². The van der Waals surface area contributed by atoms with E-state index in [1.807, 2.05) is 6.92 Å². The molecule has 6 N–H and O–H groups in total. The van der Waals surface area contributed by atoms with Gasteiger partial charge in [-0.05, 0) is 25.7 Å². The molecule has 7 unspecified atom stereocenters. The lowest BCUT2D eigenvalue weighted by molar-refractivity contribution is -0.132. The summed E-state index contributed by atoms with van der Waals surface area (Å²) < 4.78 is 5.72. The van der Waals surface area contributed by atoms with Gasteiger partial charge >= 0.3 is 0 Å². The molecule has 0 fully saturated rings. The average Bonchev–Trinajstić information content (AvgIpc) is 2.64. The molecule has 7 atom stereocenters. The average molecular weight is 389 g/mol. The number of allylic oxidation sites excluding steroid dienone is 1. The molecule has 0 aromatic rings. The number of carbonyl (C=O) groups is 1. The van der Waals surface area contributed by atoms with Crippen LogP contribution >= 0.6 is 0 Å². The third kappa shape index (κ3) is 8.25. The Labute approximate surface area is 160 Å². The molecule has 0 saturated carbocycles. The molecule has 0 aromatic carbocycles. The third-order valence-corrected chi connectivity index (χ3v) is 4.79. The molecule has 0 heterocycles. The Balaban J connectivity index is 2.74. The quantitative estimate of drug-likeness (QED) is 0.280. The summed E-state index contributed by atoms with van der Waals surface area (Å²) in [6, 6.07) is -0.750. The van der Waals surface area contributed by atoms with Crippen molar-refractivity contribution in [2.75, 3.05) is 6.61 Å². The summed E-state index contributed by atoms with van der Waals surface area (Å²) in [6.45, 7) is 3.58. The maximum Gasteiger partial charge on any atom is 0.220 e. The monoisotopic (exact) mass is 389 g/mol. The van der Waals surface area contributed by atoms with E-state index in [9.17, 15) is 30.3 Å². The highest BCUT2D eigenvalue weighted by molar-refractivity contribution is 5.76. The zero-order valence-corrected chi connectivity index (χ0v) is 16.2. The van der Waals surface area contributed by atoms with Crippen LogP contribution in [0, 0.1) is 0 Å². The Hall–Kier alpha value is -1.03. The molecular weight excluding hydrogens is 354 g/mol. The first-order valence-electron chi connectivity index (χ1n) is 9.78. The van der Waals surface area contributed by atoms with Gasteiger partial charge in [0.15, 0.2) is 0 Å². The van der Waals surface area contributed by atoms with E-state index in [0.717, 1.165) is 0 Å². The second-order valence-electron chi connectivity index (χ2n) is 7.14. The molecule has 1 amide bonds. The Morgan fingerprint density at radius 1 is 1.22 bits per heavy atom. The van der Waals surface area contributed by atoms with Crippen LogP contribution in [0.2, 0.25) is 0 Å². The van der Waals surface area contributed by atoms with Gasteiger partial charge in [-0.1, -0.05) is 26.0 Å². The van der Waals surface area contributed by atoms with Crippen LogP contribution in [0.25, 0.3) is 0 Å². The lowest BCUT2D eigenvalue weighted by atomic mass is 9.96. The Morgan fingerprint density at radius 3 is 2.56 bits per heavy atom. The molecular formula is C19H35NO7. The van der Waals surface area contributed by atoms with Gasteiger partial charge in [0, 0.05) is 12.8 Å². The number of hydrogen-bond donors (Lipinski definition) is 6. The van der Waals surface area contributed by atoms with E-state index < -0.39 is 42.7 Å². The number of carbonyl (C=O) groups excluding carboxylic acids is 1. The van der Waals surface area contributed by atoms with E-state index in [4.69, 9.17) is 4.74 Å². The van der Waals surface area contributed by atoms with Crippen molar-refractivity contribution in [1.29, 1.82) is 0 Å². The van der Waals surface area contributed by atoms with E-state index in [0.29, 0.717) is 32.1 Å². The highest BCUT2D eigenvalue weighted by Gasteiger charge is 2.33. The summed E-state index contributed by atoms with van der Waals surface area (Å²) in [5.74, 6) is -0.229.